The van der Waals surface area contributed by atoms with E-state index in [2.05, 4.69) is 6.92 Å². The van der Waals surface area contributed by atoms with Gasteiger partial charge in [0.1, 0.15) is 0 Å². The van der Waals surface area contributed by atoms with Crippen molar-refractivity contribution in [3.63, 3.8) is 0 Å². The summed E-state index contributed by atoms with van der Waals surface area (Å²) < 4.78 is 47.5. The third-order valence-corrected chi connectivity index (χ3v) is 10.6. The second-order valence-corrected chi connectivity index (χ2v) is 13.0. The Morgan fingerprint density at radius 1 is 0.769 bits per heavy atom. The van der Waals surface area contributed by atoms with Crippen LogP contribution in [0.5, 0.6) is 5.75 Å². The SMILES string of the molecule is CCCC1CCC(C2CCC(CCC3CCC(COc4ccc(C(=O)CC)c(C(F)F)c4F)CC3)CC2)CC1. The highest BCUT2D eigenvalue weighted by Gasteiger charge is 2.31. The van der Waals surface area contributed by atoms with E-state index in [-0.39, 0.29) is 17.7 Å². The van der Waals surface area contributed by atoms with E-state index in [0.29, 0.717) is 12.5 Å². The minimum absolute atomic E-state index is 0.0594. The van der Waals surface area contributed by atoms with Gasteiger partial charge < -0.3 is 4.74 Å². The number of halogens is 3. The van der Waals surface area contributed by atoms with E-state index in [0.717, 1.165) is 42.4 Å². The van der Waals surface area contributed by atoms with Crippen LogP contribution in [0, 0.1) is 41.3 Å². The Morgan fingerprint density at radius 3 is 1.74 bits per heavy atom. The fourth-order valence-corrected chi connectivity index (χ4v) is 8.00. The molecule has 3 aliphatic carbocycles. The van der Waals surface area contributed by atoms with E-state index in [1.54, 1.807) is 6.92 Å². The molecule has 5 heteroatoms. The third-order valence-electron chi connectivity index (χ3n) is 10.6. The smallest absolute Gasteiger partial charge is 0.267 e. The van der Waals surface area contributed by atoms with Crippen molar-refractivity contribution in [1.29, 1.82) is 0 Å². The second-order valence-electron chi connectivity index (χ2n) is 13.0. The Morgan fingerprint density at radius 2 is 1.26 bits per heavy atom. The zero-order chi connectivity index (χ0) is 27.8. The Kier molecular flexibility index (Phi) is 11.6. The van der Waals surface area contributed by atoms with Crippen LogP contribution in [-0.2, 0) is 0 Å². The number of carbonyl (C=O) groups excluding carboxylic acids is 1. The van der Waals surface area contributed by atoms with Crippen LogP contribution in [0.2, 0.25) is 0 Å². The fourth-order valence-electron chi connectivity index (χ4n) is 8.00. The van der Waals surface area contributed by atoms with Crippen molar-refractivity contribution in [3.8, 4) is 5.75 Å². The third kappa shape index (κ3) is 8.26. The summed E-state index contributed by atoms with van der Waals surface area (Å²) in [6, 6.07) is 2.62. The molecule has 0 atom stereocenters. The van der Waals surface area contributed by atoms with Crippen molar-refractivity contribution < 1.29 is 22.7 Å². The number of alkyl halides is 2. The van der Waals surface area contributed by atoms with E-state index in [1.807, 2.05) is 0 Å². The van der Waals surface area contributed by atoms with Crippen LogP contribution >= 0.6 is 0 Å². The standard InChI is InChI=1S/C34H51F3O2/c1-3-5-23-12-16-27(17-13-23)28-18-14-25(15-19-28)7-6-24-8-10-26(11-9-24)22-39-31-21-20-29(30(38)4-2)32(33(31)35)34(36)37/h20-21,23-28,34H,3-19,22H2,1-2H3. The average Bonchev–Trinajstić information content (AvgIpc) is 2.96. The van der Waals surface area contributed by atoms with Gasteiger partial charge in [-0.25, -0.2) is 13.2 Å². The van der Waals surface area contributed by atoms with Gasteiger partial charge >= 0.3 is 0 Å². The van der Waals surface area contributed by atoms with E-state index in [4.69, 9.17) is 4.74 Å². The molecule has 3 fully saturated rings. The van der Waals surface area contributed by atoms with Crippen LogP contribution in [0.4, 0.5) is 13.2 Å². The number of benzene rings is 1. The molecule has 39 heavy (non-hydrogen) atoms. The van der Waals surface area contributed by atoms with Gasteiger partial charge in [0.05, 0.1) is 12.2 Å². The van der Waals surface area contributed by atoms with Gasteiger partial charge in [-0.15, -0.1) is 0 Å². The maximum atomic E-state index is 14.8. The largest absolute Gasteiger partial charge is 0.490 e. The minimum Gasteiger partial charge on any atom is -0.490 e. The van der Waals surface area contributed by atoms with Crippen LogP contribution < -0.4 is 4.74 Å². The second kappa shape index (κ2) is 14.9. The van der Waals surface area contributed by atoms with Crippen molar-refractivity contribution >= 4 is 5.78 Å². The quantitative estimate of drug-likeness (QED) is 0.243. The molecule has 3 aliphatic rings. The fraction of sp³-hybridized carbons (Fsp3) is 0.794. The number of carbonyl (C=O) groups is 1. The van der Waals surface area contributed by atoms with Gasteiger partial charge in [-0.2, -0.15) is 0 Å². The molecule has 0 unspecified atom stereocenters. The van der Waals surface area contributed by atoms with Crippen molar-refractivity contribution in [3.05, 3.63) is 29.1 Å². The first-order valence-electron chi connectivity index (χ1n) is 16.2. The van der Waals surface area contributed by atoms with Gasteiger partial charge in [0, 0.05) is 12.0 Å². The van der Waals surface area contributed by atoms with Gasteiger partial charge in [-0.1, -0.05) is 78.1 Å². The molecule has 0 N–H and O–H groups in total. The molecule has 4 rings (SSSR count). The average molecular weight is 549 g/mol. The zero-order valence-corrected chi connectivity index (χ0v) is 24.4. The van der Waals surface area contributed by atoms with Crippen LogP contribution in [0.25, 0.3) is 0 Å². The molecule has 0 radical (unpaired) electrons. The van der Waals surface area contributed by atoms with E-state index in [9.17, 15) is 18.0 Å². The Balaban J connectivity index is 1.13. The molecular weight excluding hydrogens is 497 g/mol. The summed E-state index contributed by atoms with van der Waals surface area (Å²) in [5.74, 6) is 3.28. The maximum Gasteiger partial charge on any atom is 0.267 e. The predicted octanol–water partition coefficient (Wildman–Crippen LogP) is 10.7. The highest BCUT2D eigenvalue weighted by atomic mass is 19.3. The number of ether oxygens (including phenoxy) is 1. The van der Waals surface area contributed by atoms with Crippen LogP contribution in [0.1, 0.15) is 145 Å². The minimum atomic E-state index is -3.05. The van der Waals surface area contributed by atoms with Crippen molar-refractivity contribution in [2.24, 2.45) is 35.5 Å². The van der Waals surface area contributed by atoms with Crippen molar-refractivity contribution in [1.82, 2.24) is 0 Å². The first-order chi connectivity index (χ1) is 18.9. The molecule has 0 aliphatic heterocycles. The first-order valence-corrected chi connectivity index (χ1v) is 16.2. The lowest BCUT2D eigenvalue weighted by Crippen LogP contribution is -2.26. The molecule has 0 bridgehead atoms. The van der Waals surface area contributed by atoms with E-state index < -0.39 is 23.6 Å². The highest BCUT2D eigenvalue weighted by molar-refractivity contribution is 5.97. The Labute approximate surface area is 234 Å². The molecule has 0 saturated heterocycles. The normalized spacial score (nSPS) is 29.9. The number of hydrogen-bond acceptors (Lipinski definition) is 2. The molecule has 1 aromatic carbocycles. The van der Waals surface area contributed by atoms with Crippen LogP contribution in [0.3, 0.4) is 0 Å². The molecule has 0 aromatic heterocycles. The van der Waals surface area contributed by atoms with E-state index >= 15 is 0 Å². The Hall–Kier alpha value is -1.52. The van der Waals surface area contributed by atoms with Crippen LogP contribution in [-0.4, -0.2) is 12.4 Å². The lowest BCUT2D eigenvalue weighted by Gasteiger charge is -2.38. The summed E-state index contributed by atoms with van der Waals surface area (Å²) in [5, 5.41) is 0. The number of ketones is 1. The van der Waals surface area contributed by atoms with Gasteiger partial charge in [0.25, 0.3) is 6.43 Å². The van der Waals surface area contributed by atoms with Crippen molar-refractivity contribution in [2.45, 2.75) is 129 Å². The van der Waals surface area contributed by atoms with Crippen LogP contribution in [0.15, 0.2) is 12.1 Å². The predicted molar refractivity (Wildman–Crippen MR) is 152 cm³/mol. The summed E-state index contributed by atoms with van der Waals surface area (Å²) in [4.78, 5) is 12.0. The molecule has 0 amide bonds. The first kappa shape index (κ1) is 30.4. The topological polar surface area (TPSA) is 26.3 Å². The zero-order valence-electron chi connectivity index (χ0n) is 24.4. The summed E-state index contributed by atoms with van der Waals surface area (Å²) in [6.45, 7) is 4.25. The monoisotopic (exact) mass is 548 g/mol. The highest BCUT2D eigenvalue weighted by Crippen LogP contribution is 2.44. The molecule has 220 valence electrons. The molecule has 1 aromatic rings. The lowest BCUT2D eigenvalue weighted by atomic mass is 9.68. The van der Waals surface area contributed by atoms with Gasteiger partial charge in [0.15, 0.2) is 17.3 Å². The van der Waals surface area contributed by atoms with E-state index in [1.165, 1.54) is 102 Å². The lowest BCUT2D eigenvalue weighted by molar-refractivity contribution is 0.0969. The molecular formula is C34H51F3O2. The summed E-state index contributed by atoms with van der Waals surface area (Å²) in [6.07, 6.45) is 18.6. The Bertz CT molecular complexity index is 892. The van der Waals surface area contributed by atoms with Crippen molar-refractivity contribution in [2.75, 3.05) is 6.61 Å². The molecule has 0 spiro atoms. The summed E-state index contributed by atoms with van der Waals surface area (Å²) in [5.41, 5.74) is -1.06. The van der Waals surface area contributed by atoms with Gasteiger partial charge in [-0.05, 0) is 86.2 Å². The molecule has 0 heterocycles. The van der Waals surface area contributed by atoms with Gasteiger partial charge in [0.2, 0.25) is 0 Å². The van der Waals surface area contributed by atoms with Gasteiger partial charge in [-0.3, -0.25) is 4.79 Å². The number of rotatable bonds is 12. The molecule has 2 nitrogen and oxygen atoms in total. The molecule has 3 saturated carbocycles. The summed E-state index contributed by atoms with van der Waals surface area (Å²) in [7, 11) is 0. The maximum absolute atomic E-state index is 14.8. The summed E-state index contributed by atoms with van der Waals surface area (Å²) >= 11 is 0. The number of Topliss-reactive ketones (excluding diaryl/α,β-unsaturated/α-hetero) is 1. The number of hydrogen-bond donors (Lipinski definition) is 0.